The van der Waals surface area contributed by atoms with Gasteiger partial charge < -0.3 is 10.3 Å². The average molecular weight is 298 g/mol. The normalized spacial score (nSPS) is 10.9. The van der Waals surface area contributed by atoms with Crippen molar-refractivity contribution in [2.24, 2.45) is 5.73 Å². The van der Waals surface area contributed by atoms with Crippen molar-refractivity contribution >= 4 is 23.4 Å². The van der Waals surface area contributed by atoms with Crippen LogP contribution >= 0.6 is 23.4 Å². The highest BCUT2D eigenvalue weighted by Gasteiger charge is 2.11. The van der Waals surface area contributed by atoms with Crippen molar-refractivity contribution in [1.82, 2.24) is 19.7 Å². The lowest BCUT2D eigenvalue weighted by Crippen LogP contribution is -2.09. The van der Waals surface area contributed by atoms with Crippen LogP contribution in [-0.4, -0.2) is 19.7 Å². The van der Waals surface area contributed by atoms with Crippen LogP contribution in [0, 0.1) is 0 Å². The Morgan fingerprint density at radius 2 is 2.26 bits per heavy atom. The molecule has 0 saturated heterocycles. The molecule has 7 heteroatoms. The van der Waals surface area contributed by atoms with Gasteiger partial charge in [-0.1, -0.05) is 30.3 Å². The highest BCUT2D eigenvalue weighted by Crippen LogP contribution is 2.22. The Hall–Kier alpha value is -1.11. The molecule has 0 amide bonds. The molecule has 0 bridgehead atoms. The molecule has 5 nitrogen and oxygen atoms in total. The van der Waals surface area contributed by atoms with Crippen molar-refractivity contribution in [3.8, 4) is 0 Å². The van der Waals surface area contributed by atoms with Crippen LogP contribution in [0.3, 0.4) is 0 Å². The average Bonchev–Trinajstić information content (AvgIpc) is 2.79. The number of hydrogen-bond acceptors (Lipinski definition) is 5. The number of pyridine rings is 1. The van der Waals surface area contributed by atoms with Crippen LogP contribution in [-0.2, 0) is 18.8 Å². The maximum Gasteiger partial charge on any atom is 0.191 e. The van der Waals surface area contributed by atoms with E-state index in [0.29, 0.717) is 17.3 Å². The highest BCUT2D eigenvalue weighted by atomic mass is 35.5. The van der Waals surface area contributed by atoms with Gasteiger partial charge in [0, 0.05) is 23.5 Å². The second kappa shape index (κ2) is 6.88. The van der Waals surface area contributed by atoms with Gasteiger partial charge in [-0.3, -0.25) is 4.98 Å². The van der Waals surface area contributed by atoms with E-state index in [4.69, 9.17) is 17.3 Å². The predicted octanol–water partition coefficient (Wildman–Crippen LogP) is 2.49. The number of thioether (sulfide) groups is 1. The summed E-state index contributed by atoms with van der Waals surface area (Å²) in [5.74, 6) is 1.54. The summed E-state index contributed by atoms with van der Waals surface area (Å²) in [6.45, 7) is 3.40. The lowest BCUT2D eigenvalue weighted by atomic mass is 10.4. The van der Waals surface area contributed by atoms with E-state index in [1.54, 1.807) is 24.0 Å². The lowest BCUT2D eigenvalue weighted by molar-refractivity contribution is 0.592. The van der Waals surface area contributed by atoms with E-state index in [2.05, 4.69) is 26.7 Å². The Morgan fingerprint density at radius 3 is 2.95 bits per heavy atom. The quantitative estimate of drug-likeness (QED) is 0.830. The van der Waals surface area contributed by atoms with Crippen LogP contribution < -0.4 is 5.73 Å². The molecule has 2 rings (SSSR count). The fourth-order valence-electron chi connectivity index (χ4n) is 1.69. The van der Waals surface area contributed by atoms with Gasteiger partial charge in [0.05, 0.1) is 12.2 Å². The molecule has 0 aliphatic rings. The molecule has 0 unspecified atom stereocenters. The van der Waals surface area contributed by atoms with Crippen LogP contribution in [0.15, 0.2) is 23.5 Å². The first-order chi connectivity index (χ1) is 9.24. The zero-order valence-corrected chi connectivity index (χ0v) is 12.3. The van der Waals surface area contributed by atoms with Crippen molar-refractivity contribution in [3.05, 3.63) is 34.9 Å². The minimum absolute atomic E-state index is 0.406. The van der Waals surface area contributed by atoms with E-state index in [1.807, 2.05) is 6.07 Å². The third-order valence-electron chi connectivity index (χ3n) is 2.55. The molecule has 0 aliphatic carbocycles. The Kier molecular flexibility index (Phi) is 5.18. The van der Waals surface area contributed by atoms with E-state index >= 15 is 0 Å². The van der Waals surface area contributed by atoms with Crippen molar-refractivity contribution in [1.29, 1.82) is 0 Å². The van der Waals surface area contributed by atoms with Crippen molar-refractivity contribution < 1.29 is 0 Å². The molecule has 0 atom stereocenters. The Labute approximate surface area is 121 Å². The molecule has 0 radical (unpaired) electrons. The fraction of sp³-hybridized carbons (Fsp3) is 0.417. The third-order valence-corrected chi connectivity index (χ3v) is 3.79. The Bertz CT molecular complexity index is 543. The monoisotopic (exact) mass is 297 g/mol. The molecule has 2 aromatic rings. The number of hydrogen-bond donors (Lipinski definition) is 1. The van der Waals surface area contributed by atoms with Gasteiger partial charge in [0.2, 0.25) is 0 Å². The number of nitrogens with zero attached hydrogens (tertiary/aromatic N) is 4. The summed E-state index contributed by atoms with van der Waals surface area (Å²) in [4.78, 5) is 4.27. The summed E-state index contributed by atoms with van der Waals surface area (Å²) in [6.07, 6.45) is 2.73. The summed E-state index contributed by atoms with van der Waals surface area (Å²) in [5, 5.41) is 9.86. The summed E-state index contributed by atoms with van der Waals surface area (Å²) in [5.41, 5.74) is 6.59. The molecule has 19 heavy (non-hydrogen) atoms. The molecule has 102 valence electrons. The number of aromatic nitrogens is 4. The summed E-state index contributed by atoms with van der Waals surface area (Å²) in [7, 11) is 0. The first-order valence-electron chi connectivity index (χ1n) is 6.10. The summed E-state index contributed by atoms with van der Waals surface area (Å²) in [6, 6.07) is 3.63. The Balaban J connectivity index is 2.08. The molecule has 0 fully saturated rings. The van der Waals surface area contributed by atoms with E-state index in [1.165, 1.54) is 0 Å². The standard InChI is InChI=1S/C12H16ClN5S/c1-2-5-18-11(7-14)16-17-12(18)19-8-10-6-9(13)3-4-15-10/h3-4,6H,2,5,7-8,14H2,1H3. The van der Waals surface area contributed by atoms with Crippen molar-refractivity contribution in [3.63, 3.8) is 0 Å². The van der Waals surface area contributed by atoms with E-state index in [-0.39, 0.29) is 0 Å². The Morgan fingerprint density at radius 1 is 1.42 bits per heavy atom. The lowest BCUT2D eigenvalue weighted by Gasteiger charge is -2.07. The maximum absolute atomic E-state index is 5.94. The summed E-state index contributed by atoms with van der Waals surface area (Å²) >= 11 is 7.53. The van der Waals surface area contributed by atoms with Gasteiger partial charge in [-0.25, -0.2) is 0 Å². The van der Waals surface area contributed by atoms with E-state index in [0.717, 1.165) is 29.6 Å². The molecule has 2 aromatic heterocycles. The first kappa shape index (κ1) is 14.3. The molecule has 0 aromatic carbocycles. The van der Waals surface area contributed by atoms with Crippen molar-refractivity contribution in [2.45, 2.75) is 37.3 Å². The van der Waals surface area contributed by atoms with E-state index in [9.17, 15) is 0 Å². The van der Waals surface area contributed by atoms with Crippen molar-refractivity contribution in [2.75, 3.05) is 0 Å². The summed E-state index contributed by atoms with van der Waals surface area (Å²) < 4.78 is 2.06. The molecule has 0 aliphatic heterocycles. The third kappa shape index (κ3) is 3.68. The van der Waals surface area contributed by atoms with Crippen LogP contribution in [0.25, 0.3) is 0 Å². The fourth-order valence-corrected chi connectivity index (χ4v) is 2.76. The van der Waals surface area contributed by atoms with Crippen LogP contribution in [0.1, 0.15) is 24.9 Å². The minimum Gasteiger partial charge on any atom is -0.324 e. The SMILES string of the molecule is CCCn1c(CN)nnc1SCc1cc(Cl)ccn1. The predicted molar refractivity (Wildman–Crippen MR) is 77.0 cm³/mol. The maximum atomic E-state index is 5.94. The minimum atomic E-state index is 0.406. The van der Waals surface area contributed by atoms with Gasteiger partial charge in [-0.2, -0.15) is 0 Å². The first-order valence-corrected chi connectivity index (χ1v) is 7.46. The van der Waals surface area contributed by atoms with Gasteiger partial charge in [0.25, 0.3) is 0 Å². The zero-order valence-electron chi connectivity index (χ0n) is 10.7. The molecule has 2 N–H and O–H groups in total. The molecule has 0 spiro atoms. The van der Waals surface area contributed by atoms with Crippen LogP contribution in [0.2, 0.25) is 5.02 Å². The van der Waals surface area contributed by atoms with Gasteiger partial charge in [-0.15, -0.1) is 10.2 Å². The highest BCUT2D eigenvalue weighted by molar-refractivity contribution is 7.98. The van der Waals surface area contributed by atoms with Gasteiger partial charge >= 0.3 is 0 Å². The number of nitrogens with two attached hydrogens (primary N) is 1. The second-order valence-electron chi connectivity index (χ2n) is 4.01. The van der Waals surface area contributed by atoms with Gasteiger partial charge in [-0.05, 0) is 18.6 Å². The molecule has 0 saturated carbocycles. The number of halogens is 1. The zero-order chi connectivity index (χ0) is 13.7. The second-order valence-corrected chi connectivity index (χ2v) is 5.39. The molecular formula is C12H16ClN5S. The molecular weight excluding hydrogens is 282 g/mol. The van der Waals surface area contributed by atoms with E-state index < -0.39 is 0 Å². The molecule has 2 heterocycles. The van der Waals surface area contributed by atoms with Crippen LogP contribution in [0.5, 0.6) is 0 Å². The number of rotatable bonds is 6. The largest absolute Gasteiger partial charge is 0.324 e. The smallest absolute Gasteiger partial charge is 0.191 e. The van der Waals surface area contributed by atoms with Crippen LogP contribution in [0.4, 0.5) is 0 Å². The topological polar surface area (TPSA) is 69.6 Å². The van der Waals surface area contributed by atoms with Gasteiger partial charge in [0.1, 0.15) is 5.82 Å². The van der Waals surface area contributed by atoms with Gasteiger partial charge in [0.15, 0.2) is 5.16 Å².